The van der Waals surface area contributed by atoms with E-state index in [0.717, 1.165) is 54.4 Å². The zero-order valence-electron chi connectivity index (χ0n) is 27.2. The maximum atomic E-state index is 13.9. The summed E-state index contributed by atoms with van der Waals surface area (Å²) >= 11 is 0. The van der Waals surface area contributed by atoms with Gasteiger partial charge in [-0.2, -0.15) is 0 Å². The van der Waals surface area contributed by atoms with Crippen molar-refractivity contribution in [3.05, 3.63) is 101 Å². The number of pyridine rings is 1. The number of benzene rings is 2. The minimum absolute atomic E-state index is 0.00183. The fraction of sp³-hybridized carbons (Fsp3) is 0.447. The molecule has 0 spiro atoms. The van der Waals surface area contributed by atoms with Crippen LogP contribution in [0.1, 0.15) is 72.1 Å². The van der Waals surface area contributed by atoms with Crippen LogP contribution in [0, 0.1) is 11.7 Å². The summed E-state index contributed by atoms with van der Waals surface area (Å²) in [5.74, 6) is -0.228. The number of nitrogens with zero attached hydrogens (tertiary/aromatic N) is 4. The Kier molecular flexibility index (Phi) is 9.36. The summed E-state index contributed by atoms with van der Waals surface area (Å²) in [5, 5.41) is 3.14. The molecule has 246 valence electrons. The molecule has 0 unspecified atom stereocenters. The molecule has 8 nitrogen and oxygen atoms in total. The van der Waals surface area contributed by atoms with Crippen molar-refractivity contribution < 1.29 is 18.7 Å². The number of rotatable bonds is 8. The Morgan fingerprint density at radius 3 is 2.13 bits per heavy atom. The lowest BCUT2D eigenvalue weighted by Gasteiger charge is -2.40. The Hall–Kier alpha value is -4.08. The van der Waals surface area contributed by atoms with Crippen LogP contribution >= 0.6 is 0 Å². The summed E-state index contributed by atoms with van der Waals surface area (Å²) < 4.78 is 19.0. The number of carbonyl (C=O) groups is 2. The molecule has 1 atom stereocenters. The fourth-order valence-electron chi connectivity index (χ4n) is 7.20. The van der Waals surface area contributed by atoms with Crippen molar-refractivity contribution in [3.8, 4) is 0 Å². The van der Waals surface area contributed by atoms with Gasteiger partial charge in [0.2, 0.25) is 5.91 Å². The molecule has 1 saturated carbocycles. The van der Waals surface area contributed by atoms with Crippen molar-refractivity contribution >= 4 is 23.1 Å². The van der Waals surface area contributed by atoms with Gasteiger partial charge < -0.3 is 19.9 Å². The maximum Gasteiger partial charge on any atom is 0.253 e. The first-order chi connectivity index (χ1) is 22.9. The van der Waals surface area contributed by atoms with Crippen molar-refractivity contribution in [3.63, 3.8) is 0 Å². The highest BCUT2D eigenvalue weighted by molar-refractivity contribution is 5.95. The third-order valence-electron chi connectivity index (χ3n) is 10.5. The summed E-state index contributed by atoms with van der Waals surface area (Å²) in [5.41, 5.74) is 7.18. The average molecular weight is 638 g/mol. The van der Waals surface area contributed by atoms with Crippen LogP contribution in [-0.4, -0.2) is 85.1 Å². The van der Waals surface area contributed by atoms with Crippen molar-refractivity contribution in [2.75, 3.05) is 57.4 Å². The Balaban J connectivity index is 1.01. The van der Waals surface area contributed by atoms with Crippen LogP contribution in [0.3, 0.4) is 0 Å². The second-order valence-corrected chi connectivity index (χ2v) is 13.4. The number of likely N-dealkylation sites (tertiary alicyclic amines) is 1. The molecule has 0 bridgehead atoms. The first-order valence-corrected chi connectivity index (χ1v) is 17.1. The molecule has 0 radical (unpaired) electrons. The van der Waals surface area contributed by atoms with Crippen LogP contribution in [0.15, 0.2) is 72.6 Å². The zero-order valence-corrected chi connectivity index (χ0v) is 27.2. The van der Waals surface area contributed by atoms with E-state index in [1.807, 2.05) is 30.0 Å². The zero-order chi connectivity index (χ0) is 32.3. The Bertz CT molecular complexity index is 1600. The first-order valence-electron chi connectivity index (χ1n) is 17.1. The van der Waals surface area contributed by atoms with Crippen molar-refractivity contribution in [2.45, 2.75) is 51.1 Å². The smallest absolute Gasteiger partial charge is 0.253 e. The number of ether oxygens (including phenoxy) is 1. The molecule has 1 aromatic heterocycles. The molecule has 2 amide bonds. The predicted molar refractivity (Wildman–Crippen MR) is 181 cm³/mol. The Labute approximate surface area is 276 Å². The molecular weight excluding hydrogens is 593 g/mol. The number of anilines is 1. The molecule has 3 saturated heterocycles. The van der Waals surface area contributed by atoms with Gasteiger partial charge in [-0.05, 0) is 73.1 Å². The van der Waals surface area contributed by atoms with Gasteiger partial charge in [-0.15, -0.1) is 0 Å². The SMILES string of the molecule is C[C@@H](NC(=O)c1cncc(N2CCN(C(=O)C3COC3)CC2)c1)c1ccc(C(=C2CCN(C3CCC3)CC2)c2ccc(F)cc2)cc1. The number of amides is 2. The molecule has 1 aliphatic carbocycles. The van der Waals surface area contributed by atoms with E-state index in [0.29, 0.717) is 45.0 Å². The molecule has 1 N–H and O–H groups in total. The quantitative estimate of drug-likeness (QED) is 0.354. The first kappa shape index (κ1) is 31.5. The number of nitrogens with one attached hydrogen (secondary N) is 1. The normalized spacial score (nSPS) is 19.9. The van der Waals surface area contributed by atoms with Gasteiger partial charge >= 0.3 is 0 Å². The van der Waals surface area contributed by atoms with E-state index in [4.69, 9.17) is 4.74 Å². The molecule has 9 heteroatoms. The summed E-state index contributed by atoms with van der Waals surface area (Å²) in [7, 11) is 0. The van der Waals surface area contributed by atoms with E-state index in [2.05, 4.69) is 44.4 Å². The highest BCUT2D eigenvalue weighted by atomic mass is 19.1. The molecule has 4 aliphatic rings. The lowest BCUT2D eigenvalue weighted by Crippen LogP contribution is -2.53. The second-order valence-electron chi connectivity index (χ2n) is 13.4. The van der Waals surface area contributed by atoms with E-state index < -0.39 is 0 Å². The average Bonchev–Trinajstić information content (AvgIpc) is 3.05. The number of hydrogen-bond acceptors (Lipinski definition) is 6. The van der Waals surface area contributed by atoms with Gasteiger partial charge in [-0.25, -0.2) is 4.39 Å². The van der Waals surface area contributed by atoms with Crippen LogP contribution < -0.4 is 10.2 Å². The number of hydrogen-bond donors (Lipinski definition) is 1. The summed E-state index contributed by atoms with van der Waals surface area (Å²) in [6, 6.07) is 17.7. The minimum Gasteiger partial charge on any atom is -0.380 e. The third kappa shape index (κ3) is 6.97. The van der Waals surface area contributed by atoms with Gasteiger partial charge in [0.05, 0.1) is 42.6 Å². The van der Waals surface area contributed by atoms with E-state index in [1.165, 1.54) is 30.4 Å². The molecule has 7 rings (SSSR count). The summed E-state index contributed by atoms with van der Waals surface area (Å²) in [4.78, 5) is 37.0. The largest absolute Gasteiger partial charge is 0.380 e. The topological polar surface area (TPSA) is 78.0 Å². The molecule has 2 aromatic carbocycles. The predicted octanol–water partition coefficient (Wildman–Crippen LogP) is 5.46. The van der Waals surface area contributed by atoms with E-state index in [9.17, 15) is 14.0 Å². The van der Waals surface area contributed by atoms with Crippen LogP contribution in [0.2, 0.25) is 0 Å². The number of halogens is 1. The van der Waals surface area contributed by atoms with Crippen LogP contribution in [0.25, 0.3) is 5.57 Å². The highest BCUT2D eigenvalue weighted by Crippen LogP contribution is 2.35. The van der Waals surface area contributed by atoms with Crippen molar-refractivity contribution in [1.29, 1.82) is 0 Å². The van der Waals surface area contributed by atoms with Gasteiger partial charge in [-0.1, -0.05) is 48.4 Å². The number of piperazine rings is 1. The highest BCUT2D eigenvalue weighted by Gasteiger charge is 2.32. The van der Waals surface area contributed by atoms with E-state index in [1.54, 1.807) is 24.5 Å². The lowest BCUT2D eigenvalue weighted by molar-refractivity contribution is -0.150. The standard InChI is InChI=1S/C38H44FN5O3/c1-26(41-37(45)31-21-35(23-40-22-31)43-17-19-44(20-18-43)38(46)32-24-47-25-32)27-5-7-28(8-6-27)36(29-9-11-33(39)12-10-29)30-13-15-42(16-14-30)34-3-2-4-34/h5-12,21-23,26,32,34H,2-4,13-20,24-25H2,1H3,(H,41,45)/t26-/m1/s1. The van der Waals surface area contributed by atoms with Crippen molar-refractivity contribution in [2.24, 2.45) is 5.92 Å². The lowest BCUT2D eigenvalue weighted by atomic mass is 9.85. The van der Waals surface area contributed by atoms with Gasteiger partial charge in [0.25, 0.3) is 5.91 Å². The van der Waals surface area contributed by atoms with Gasteiger partial charge in [-0.3, -0.25) is 19.5 Å². The summed E-state index contributed by atoms with van der Waals surface area (Å²) in [6.07, 6.45) is 9.41. The maximum absolute atomic E-state index is 13.9. The molecular formula is C38H44FN5O3. The van der Waals surface area contributed by atoms with Crippen LogP contribution in [-0.2, 0) is 9.53 Å². The van der Waals surface area contributed by atoms with Gasteiger partial charge in [0.1, 0.15) is 5.82 Å². The molecule has 47 heavy (non-hydrogen) atoms. The molecule has 3 aromatic rings. The van der Waals surface area contributed by atoms with E-state index >= 15 is 0 Å². The molecule has 3 aliphatic heterocycles. The number of aromatic nitrogens is 1. The van der Waals surface area contributed by atoms with Crippen LogP contribution in [0.4, 0.5) is 10.1 Å². The monoisotopic (exact) mass is 637 g/mol. The fourth-order valence-corrected chi connectivity index (χ4v) is 7.20. The third-order valence-corrected chi connectivity index (χ3v) is 10.5. The van der Waals surface area contributed by atoms with Crippen molar-refractivity contribution in [1.82, 2.24) is 20.1 Å². The van der Waals surface area contributed by atoms with Gasteiger partial charge in [0, 0.05) is 51.5 Å². The number of carbonyl (C=O) groups excluding carboxylic acids is 2. The Morgan fingerprint density at radius 1 is 0.872 bits per heavy atom. The van der Waals surface area contributed by atoms with Gasteiger partial charge in [0.15, 0.2) is 0 Å². The molecule has 4 fully saturated rings. The molecule has 4 heterocycles. The minimum atomic E-state index is -0.229. The van der Waals surface area contributed by atoms with Crippen LogP contribution in [0.5, 0.6) is 0 Å². The summed E-state index contributed by atoms with van der Waals surface area (Å²) in [6.45, 7) is 7.89. The number of piperidine rings is 1. The Morgan fingerprint density at radius 2 is 1.53 bits per heavy atom. The second kappa shape index (κ2) is 14.0. The van der Waals surface area contributed by atoms with E-state index in [-0.39, 0.29) is 29.6 Å².